The first-order valence-corrected chi connectivity index (χ1v) is 49.3. The number of carboxylic acid groups (broad SMARTS) is 1. The average Bonchev–Trinajstić information content (AvgIpc) is 0.844. The van der Waals surface area contributed by atoms with Gasteiger partial charge in [0.05, 0.1) is 12.7 Å². The molecule has 0 spiro atoms. The van der Waals surface area contributed by atoms with E-state index in [1.807, 2.05) is 6.92 Å². The van der Waals surface area contributed by atoms with Gasteiger partial charge < -0.3 is 119 Å². The second-order valence-electron chi connectivity index (χ2n) is 34.1. The summed E-state index contributed by atoms with van der Waals surface area (Å²) in [5, 5.41) is 50.1. The number of amides is 15. The van der Waals surface area contributed by atoms with E-state index in [4.69, 9.17) is 92.2 Å². The van der Waals surface area contributed by atoms with Crippen LogP contribution in [0.5, 0.6) is 0 Å². The van der Waals surface area contributed by atoms with E-state index in [1.165, 1.54) is 6.92 Å². The van der Waals surface area contributed by atoms with Crippen molar-refractivity contribution in [3.8, 4) is 0 Å². The van der Waals surface area contributed by atoms with Crippen molar-refractivity contribution >= 4 is 154 Å². The maximum atomic E-state index is 15.5. The van der Waals surface area contributed by atoms with Gasteiger partial charge in [-0.2, -0.15) is 0 Å². The number of alkyl carbamates (subject to hydrolysis) is 5. The van der Waals surface area contributed by atoms with Crippen molar-refractivity contribution < 1.29 is 110 Å². The minimum atomic E-state index is -1.81. The van der Waals surface area contributed by atoms with E-state index in [2.05, 4.69) is 79.8 Å². The molecular formula is C101H127Cl5N16O23. The highest BCUT2D eigenvalue weighted by atomic mass is 35.5. The predicted octanol–water partition coefficient (Wildman–Crippen LogP) is 10.4. The third-order valence-electron chi connectivity index (χ3n) is 22.3. The fourth-order valence-corrected chi connectivity index (χ4v) is 15.1. The van der Waals surface area contributed by atoms with E-state index >= 15 is 28.8 Å². The summed E-state index contributed by atoms with van der Waals surface area (Å²) < 4.78 is 33.3. The largest absolute Gasteiger partial charge is 0.480 e. The minimum absolute atomic E-state index is 0.00948. The summed E-state index contributed by atoms with van der Waals surface area (Å²) in [6, 6.07) is 33.0. The molecule has 0 aliphatic heterocycles. The maximum absolute atomic E-state index is 15.5. The predicted molar refractivity (Wildman–Crippen MR) is 541 cm³/mol. The van der Waals surface area contributed by atoms with E-state index in [1.54, 1.807) is 196 Å². The number of hydrogen-bond acceptors (Lipinski definition) is 23. The van der Waals surface area contributed by atoms with Crippen molar-refractivity contribution in [3.63, 3.8) is 0 Å². The summed E-state index contributed by atoms with van der Waals surface area (Å²) in [6.07, 6.45) is -5.34. The number of carbonyl (C=O) groups excluding carboxylic acids is 15. The van der Waals surface area contributed by atoms with Gasteiger partial charge in [-0.3, -0.25) is 52.7 Å². The van der Waals surface area contributed by atoms with Crippen LogP contribution in [-0.2, 0) is 127 Å². The SMILES string of the molecule is CCCCCCCC(=O)N[C@@H](CCNC(=O)OCc1ccccc1Cl)C(=O)N[C@H](C(=O)N[C@@H](CCNC(=O)OCc1ccccc1Cl)C(=O)N[C@@H](CCN)C(=O)N[C@@H](CCNC(=O)OCc1ccccc1Cl)C(=O)N[C@H](Cc1ccccc1)C(=O)N[C@@H](CC(C)C)C(=O)N[C@@H](CCNC(=O)OCc1ccccc1Cl)C(=O)N[C@@H](CCNC(=O)OCc1ccccc1Cl)C(=O)N[C@@H](C)C(=O)O)[C@@H](C)OCc1ccccc1. The molecule has 0 radical (unpaired) electrons. The van der Waals surface area contributed by atoms with Crippen LogP contribution >= 0.6 is 58.0 Å². The van der Waals surface area contributed by atoms with Crippen LogP contribution in [-0.4, -0.2) is 206 Å². The Kier molecular flexibility index (Phi) is 53.0. The van der Waals surface area contributed by atoms with Crippen molar-refractivity contribution in [3.05, 3.63) is 246 Å². The Morgan fingerprint density at radius 1 is 0.310 bits per heavy atom. The molecule has 0 heterocycles. The number of nitrogens with two attached hydrogens (primary N) is 1. The third-order valence-corrected chi connectivity index (χ3v) is 24.1. The molecule has 0 saturated carbocycles. The molecule has 15 amide bonds. The van der Waals surface area contributed by atoms with Gasteiger partial charge in [0.25, 0.3) is 0 Å². The molecule has 18 N–H and O–H groups in total. The molecule has 7 aromatic carbocycles. The van der Waals surface area contributed by atoms with Crippen LogP contribution in [0, 0.1) is 5.92 Å². The summed E-state index contributed by atoms with van der Waals surface area (Å²) in [6.45, 7) is 4.21. The molecule has 0 unspecified atom stereocenters. The van der Waals surface area contributed by atoms with E-state index in [0.29, 0.717) is 61.8 Å². The van der Waals surface area contributed by atoms with Crippen molar-refractivity contribution in [2.45, 2.75) is 231 Å². The number of halogens is 5. The molecule has 784 valence electrons. The first-order valence-electron chi connectivity index (χ1n) is 47.4. The molecule has 0 fully saturated rings. The second-order valence-corrected chi connectivity index (χ2v) is 36.1. The second kappa shape index (κ2) is 64.9. The molecule has 0 bridgehead atoms. The maximum Gasteiger partial charge on any atom is 0.407 e. The fraction of sp³-hybridized carbons (Fsp3) is 0.426. The molecule has 44 heteroatoms. The first-order chi connectivity index (χ1) is 69.6. The van der Waals surface area contributed by atoms with Gasteiger partial charge in [-0.1, -0.05) is 256 Å². The molecule has 0 saturated heterocycles. The molecular weight excluding hydrogens is 1980 g/mol. The topological polar surface area (TPSA) is 555 Å². The quantitative estimate of drug-likeness (QED) is 0.0124. The number of unbranched alkanes of at least 4 members (excludes halogenated alkanes) is 4. The van der Waals surface area contributed by atoms with Crippen LogP contribution in [0.3, 0.4) is 0 Å². The highest BCUT2D eigenvalue weighted by Crippen LogP contribution is 2.23. The van der Waals surface area contributed by atoms with E-state index in [-0.39, 0.29) is 100 Å². The lowest BCUT2D eigenvalue weighted by atomic mass is 10.00. The van der Waals surface area contributed by atoms with Gasteiger partial charge in [0.2, 0.25) is 59.1 Å². The number of ether oxygens (including phenoxy) is 6. The zero-order valence-corrected chi connectivity index (χ0v) is 84.8. The van der Waals surface area contributed by atoms with E-state index in [9.17, 15) is 53.1 Å². The van der Waals surface area contributed by atoms with Crippen molar-refractivity contribution in [2.24, 2.45) is 11.7 Å². The molecule has 7 aromatic rings. The Balaban J connectivity index is 1.20. The van der Waals surface area contributed by atoms with Gasteiger partial charge in [0.1, 0.15) is 93.5 Å². The Hall–Kier alpha value is -13.6. The third kappa shape index (κ3) is 44.7. The van der Waals surface area contributed by atoms with Crippen molar-refractivity contribution in [2.75, 3.05) is 39.3 Å². The van der Waals surface area contributed by atoms with Gasteiger partial charge in [0.15, 0.2) is 0 Å². The van der Waals surface area contributed by atoms with Gasteiger partial charge in [-0.25, -0.2) is 24.0 Å². The van der Waals surface area contributed by atoms with Crippen LogP contribution in [0.2, 0.25) is 25.1 Å². The van der Waals surface area contributed by atoms with E-state index in [0.717, 1.165) is 26.2 Å². The molecule has 39 nitrogen and oxygen atoms in total. The summed E-state index contributed by atoms with van der Waals surface area (Å²) in [4.78, 5) is 228. The lowest BCUT2D eigenvalue weighted by molar-refractivity contribution is -0.142. The van der Waals surface area contributed by atoms with Crippen LogP contribution in [0.15, 0.2) is 182 Å². The highest BCUT2D eigenvalue weighted by molar-refractivity contribution is 6.32. The lowest BCUT2D eigenvalue weighted by Gasteiger charge is -2.30. The number of rotatable bonds is 61. The Morgan fingerprint density at radius 2 is 0.593 bits per heavy atom. The zero-order chi connectivity index (χ0) is 106. The van der Waals surface area contributed by atoms with Crippen LogP contribution in [0.25, 0.3) is 0 Å². The summed E-state index contributed by atoms with van der Waals surface area (Å²) in [5.74, 6) is -12.0. The van der Waals surface area contributed by atoms with Gasteiger partial charge >= 0.3 is 36.4 Å². The van der Waals surface area contributed by atoms with Crippen LogP contribution < -0.4 is 85.5 Å². The van der Waals surface area contributed by atoms with Crippen molar-refractivity contribution in [1.29, 1.82) is 0 Å². The number of carbonyl (C=O) groups is 16. The van der Waals surface area contributed by atoms with E-state index < -0.39 is 220 Å². The van der Waals surface area contributed by atoms with Gasteiger partial charge in [-0.15, -0.1) is 0 Å². The Bertz CT molecular complexity index is 5410. The number of hydrogen-bond donors (Lipinski definition) is 17. The monoisotopic (exact) mass is 2110 g/mol. The number of benzene rings is 7. The number of aliphatic carboxylic acids is 1. The Morgan fingerprint density at radius 3 is 0.931 bits per heavy atom. The normalized spacial score (nSPS) is 13.2. The Labute approximate surface area is 865 Å². The van der Waals surface area contributed by atoms with Crippen LogP contribution in [0.1, 0.15) is 157 Å². The highest BCUT2D eigenvalue weighted by Gasteiger charge is 2.39. The molecule has 7 rings (SSSR count). The fourth-order valence-electron chi connectivity index (χ4n) is 14.2. The standard InChI is InChI=1S/C101H127Cl5N16O23/c1-6-7-8-9-16-41-85(123)114-78(43-49-108-97(135)141-57-67-31-17-22-36-72(67)102)92(129)122-86(64(5)140-56-66-29-14-11-15-30-66)95(132)119-82(47-53-112-101(139)145-61-71-35-21-26-40-76(71)106)90(127)115-77(42-48-107)88(125)117-81(46-52-111-100(138)144-60-70-34-20-25-39-75(70)105)91(128)121-84(55-65-27-12-10-13-28-65)94(131)120-83(54-62(2)3)93(130)118-80(45-51-110-99(137)143-59-69-33-19-24-38-74(69)104)89(126)116-79(87(124)113-63(4)96(133)134)44-50-109-98(136)142-58-68-32-18-23-37-73(68)103/h10-15,17-40,62-64,77-84,86H,6-9,16,41-61,107H2,1-5H3,(H,108,135)(H,109,136)(H,110,137)(H,111,138)(H,112,139)(H,113,124)(H,114,123)(H,115,127)(H,116,126)(H,117,125)(H,118,130)(H,119,132)(H,120,131)(H,121,128)(H,122,129)(H,133,134)/t63-,64+,77-,78-,79-,80-,81-,82-,83-,84+,86-/m0/s1. The number of carboxylic acids is 1. The summed E-state index contributed by atoms with van der Waals surface area (Å²) in [7, 11) is 0. The summed E-state index contributed by atoms with van der Waals surface area (Å²) in [5.41, 5.74) is 9.56. The average molecular weight is 2110 g/mol. The van der Waals surface area contributed by atoms with Crippen molar-refractivity contribution in [1.82, 2.24) is 79.8 Å². The molecule has 0 aliphatic carbocycles. The number of nitrogens with one attached hydrogen (secondary N) is 15. The summed E-state index contributed by atoms with van der Waals surface area (Å²) >= 11 is 31.7. The molecule has 145 heavy (non-hydrogen) atoms. The molecule has 0 aliphatic rings. The molecule has 11 atom stereocenters. The molecule has 0 aromatic heterocycles. The lowest BCUT2D eigenvalue weighted by Crippen LogP contribution is -2.62. The minimum Gasteiger partial charge on any atom is -0.480 e. The van der Waals surface area contributed by atoms with Crippen LogP contribution in [0.4, 0.5) is 24.0 Å². The first kappa shape index (κ1) is 118. The zero-order valence-electron chi connectivity index (χ0n) is 81.0. The van der Waals surface area contributed by atoms with Gasteiger partial charge in [0, 0.05) is 98.5 Å². The smallest absolute Gasteiger partial charge is 0.407 e. The van der Waals surface area contributed by atoms with Gasteiger partial charge in [-0.05, 0) is 119 Å².